The zero-order chi connectivity index (χ0) is 8.65. The van der Waals surface area contributed by atoms with E-state index in [1.165, 1.54) is 38.5 Å². The number of allylic oxidation sites excluding steroid dienone is 4. The molecule has 0 aromatic carbocycles. The van der Waals surface area contributed by atoms with E-state index in [0.717, 1.165) is 0 Å². The van der Waals surface area contributed by atoms with Gasteiger partial charge < -0.3 is 6.42 Å². The fourth-order valence-electron chi connectivity index (χ4n) is 1.51. The van der Waals surface area contributed by atoms with Crippen molar-refractivity contribution in [2.45, 2.75) is 45.4 Å². The molecule has 0 unspecified atom stereocenters. The molecule has 0 spiro atoms. The van der Waals surface area contributed by atoms with Crippen molar-refractivity contribution in [3.63, 3.8) is 0 Å². The Kier molecular flexibility index (Phi) is 8.87. The van der Waals surface area contributed by atoms with Crippen molar-refractivity contribution in [2.75, 3.05) is 0 Å². The first kappa shape index (κ1) is 13.2. The minimum Gasteiger partial charge on any atom is -0.325 e. The molecule has 0 nitrogen and oxygen atoms in total. The quantitative estimate of drug-likeness (QED) is 0.528. The molecular formula is C12H19Pt-. The van der Waals surface area contributed by atoms with Gasteiger partial charge in [0.1, 0.15) is 0 Å². The Balaban J connectivity index is 0.00000144. The molecule has 0 saturated heterocycles. The monoisotopic (exact) mass is 358 g/mol. The summed E-state index contributed by atoms with van der Waals surface area (Å²) in [6.45, 7) is 2.21. The van der Waals surface area contributed by atoms with E-state index in [-0.39, 0.29) is 21.1 Å². The van der Waals surface area contributed by atoms with Crippen LogP contribution in [0, 0.1) is 6.42 Å². The number of unbranched alkanes of at least 4 members (excludes halogenated alkanes) is 1. The van der Waals surface area contributed by atoms with Crippen LogP contribution in [-0.4, -0.2) is 0 Å². The van der Waals surface area contributed by atoms with Crippen LogP contribution in [0.1, 0.15) is 45.4 Å². The van der Waals surface area contributed by atoms with Crippen LogP contribution in [0.3, 0.4) is 0 Å². The standard InChI is InChI=1S/C12H19.Pt/c1-2-3-9-12-10-7-5-4-6-8-11-12;/h3-5,11H,2,6-10H2,1H3;/q-1;. The summed E-state index contributed by atoms with van der Waals surface area (Å²) in [5, 5.41) is 0. The van der Waals surface area contributed by atoms with Crippen molar-refractivity contribution in [2.24, 2.45) is 0 Å². The van der Waals surface area contributed by atoms with Crippen LogP contribution >= 0.6 is 0 Å². The summed E-state index contributed by atoms with van der Waals surface area (Å²) in [6, 6.07) is 0. The first-order valence-corrected chi connectivity index (χ1v) is 5.08. The van der Waals surface area contributed by atoms with Crippen LogP contribution in [0.5, 0.6) is 0 Å². The van der Waals surface area contributed by atoms with Gasteiger partial charge in [0.25, 0.3) is 0 Å². The molecule has 0 amide bonds. The first-order valence-electron chi connectivity index (χ1n) is 5.08. The molecule has 0 N–H and O–H groups in total. The minimum atomic E-state index is 0. The first-order chi connectivity index (χ1) is 5.93. The van der Waals surface area contributed by atoms with Crippen LogP contribution in [0.25, 0.3) is 0 Å². The fraction of sp³-hybridized carbons (Fsp3) is 0.583. The molecule has 0 aromatic heterocycles. The van der Waals surface area contributed by atoms with Crippen molar-refractivity contribution in [3.8, 4) is 0 Å². The normalized spacial score (nSPS) is 16.8. The fourth-order valence-corrected chi connectivity index (χ4v) is 1.51. The molecule has 0 atom stereocenters. The number of hydrogen-bond donors (Lipinski definition) is 0. The summed E-state index contributed by atoms with van der Waals surface area (Å²) < 4.78 is 0. The van der Waals surface area contributed by atoms with Crippen molar-refractivity contribution in [3.05, 3.63) is 30.2 Å². The molecule has 0 saturated carbocycles. The smallest absolute Gasteiger partial charge is 0 e. The summed E-state index contributed by atoms with van der Waals surface area (Å²) >= 11 is 0. The topological polar surface area (TPSA) is 0 Å². The molecular weight excluding hydrogens is 339 g/mol. The maximum absolute atomic E-state index is 2.43. The summed E-state index contributed by atoms with van der Waals surface area (Å²) in [6.07, 6.45) is 16.8. The van der Waals surface area contributed by atoms with E-state index in [2.05, 4.69) is 31.6 Å². The van der Waals surface area contributed by atoms with Crippen LogP contribution in [0.2, 0.25) is 0 Å². The van der Waals surface area contributed by atoms with Crippen LogP contribution in [0.15, 0.2) is 23.8 Å². The van der Waals surface area contributed by atoms with Gasteiger partial charge in [-0.3, -0.25) is 0 Å². The van der Waals surface area contributed by atoms with Crippen LogP contribution in [0.4, 0.5) is 0 Å². The summed E-state index contributed by atoms with van der Waals surface area (Å²) in [4.78, 5) is 0. The third-order valence-electron chi connectivity index (χ3n) is 2.26. The van der Waals surface area contributed by atoms with E-state index in [1.54, 1.807) is 5.57 Å². The second-order valence-electron chi connectivity index (χ2n) is 3.35. The van der Waals surface area contributed by atoms with E-state index in [9.17, 15) is 0 Å². The van der Waals surface area contributed by atoms with E-state index in [1.807, 2.05) is 0 Å². The Morgan fingerprint density at radius 2 is 2.00 bits per heavy atom. The van der Waals surface area contributed by atoms with Gasteiger partial charge in [-0.05, 0) is 25.7 Å². The number of rotatable bonds is 3. The third-order valence-corrected chi connectivity index (χ3v) is 2.26. The molecule has 0 radical (unpaired) electrons. The van der Waals surface area contributed by atoms with E-state index in [0.29, 0.717) is 0 Å². The minimum absolute atomic E-state index is 0. The van der Waals surface area contributed by atoms with Gasteiger partial charge >= 0.3 is 0 Å². The molecule has 0 aliphatic heterocycles. The van der Waals surface area contributed by atoms with E-state index < -0.39 is 0 Å². The average Bonchev–Trinajstić information content (AvgIpc) is 2.02. The molecule has 0 fully saturated rings. The van der Waals surface area contributed by atoms with Gasteiger partial charge in [0, 0.05) is 21.1 Å². The van der Waals surface area contributed by atoms with Crippen molar-refractivity contribution < 1.29 is 21.1 Å². The predicted octanol–water partition coefficient (Wildman–Crippen LogP) is 4.04. The van der Waals surface area contributed by atoms with E-state index in [4.69, 9.17) is 0 Å². The molecule has 0 aromatic rings. The number of hydrogen-bond acceptors (Lipinski definition) is 0. The zero-order valence-electron chi connectivity index (χ0n) is 8.37. The molecule has 0 bridgehead atoms. The molecule has 1 aliphatic rings. The summed E-state index contributed by atoms with van der Waals surface area (Å²) in [7, 11) is 0. The molecule has 0 heterocycles. The summed E-state index contributed by atoms with van der Waals surface area (Å²) in [5.74, 6) is 0. The van der Waals surface area contributed by atoms with Gasteiger partial charge in [0.2, 0.25) is 0 Å². The van der Waals surface area contributed by atoms with Gasteiger partial charge in [-0.2, -0.15) is 12.8 Å². The van der Waals surface area contributed by atoms with Gasteiger partial charge in [0.05, 0.1) is 0 Å². The zero-order valence-corrected chi connectivity index (χ0v) is 10.6. The van der Waals surface area contributed by atoms with E-state index >= 15 is 0 Å². The Labute approximate surface area is 96.8 Å². The van der Waals surface area contributed by atoms with Gasteiger partial charge in [-0.1, -0.05) is 25.2 Å². The second kappa shape index (κ2) is 8.75. The molecule has 1 rings (SSSR count). The molecule has 1 heteroatoms. The largest absolute Gasteiger partial charge is 0.325 e. The predicted molar refractivity (Wildman–Crippen MR) is 54.9 cm³/mol. The van der Waals surface area contributed by atoms with Gasteiger partial charge in [-0.15, -0.1) is 5.57 Å². The van der Waals surface area contributed by atoms with Crippen LogP contribution < -0.4 is 0 Å². The third kappa shape index (κ3) is 6.27. The second-order valence-corrected chi connectivity index (χ2v) is 3.35. The SMILES string of the molecule is CC[CH-]CC1=CCCC=CCC1.[Pt]. The molecule has 13 heavy (non-hydrogen) atoms. The van der Waals surface area contributed by atoms with Crippen molar-refractivity contribution in [1.82, 2.24) is 0 Å². The Morgan fingerprint density at radius 1 is 1.23 bits per heavy atom. The Hall–Kier alpha value is 0.168. The van der Waals surface area contributed by atoms with Gasteiger partial charge in [-0.25, -0.2) is 0 Å². The van der Waals surface area contributed by atoms with Crippen molar-refractivity contribution >= 4 is 0 Å². The molecule has 1 aliphatic carbocycles. The maximum atomic E-state index is 2.43. The van der Waals surface area contributed by atoms with Gasteiger partial charge in [0.15, 0.2) is 0 Å². The maximum Gasteiger partial charge on any atom is 0 e. The van der Waals surface area contributed by atoms with Crippen molar-refractivity contribution in [1.29, 1.82) is 0 Å². The Bertz CT molecular complexity index is 168. The molecule has 78 valence electrons. The Morgan fingerprint density at radius 3 is 2.77 bits per heavy atom. The summed E-state index contributed by atoms with van der Waals surface area (Å²) in [5.41, 5.74) is 1.64. The average molecular weight is 358 g/mol. The van der Waals surface area contributed by atoms with Crippen LogP contribution in [-0.2, 0) is 21.1 Å².